The SMILES string of the molecule is O=C(NCc1ccc(Cl)cc1)[C@H](c1ccccc1)N(Cc1ccc(F)cc1)C(=O)Cc1ccc(Cl)cc1. The van der Waals surface area contributed by atoms with Crippen LogP contribution in [0.4, 0.5) is 4.39 Å². The van der Waals surface area contributed by atoms with Gasteiger partial charge in [0.2, 0.25) is 11.8 Å². The summed E-state index contributed by atoms with van der Waals surface area (Å²) in [5, 5.41) is 4.14. The Morgan fingerprint density at radius 2 is 1.27 bits per heavy atom. The average Bonchev–Trinajstić information content (AvgIpc) is 2.91. The molecule has 0 aromatic heterocycles. The summed E-state index contributed by atoms with van der Waals surface area (Å²) in [6.07, 6.45) is 0.0756. The minimum absolute atomic E-state index is 0.0756. The van der Waals surface area contributed by atoms with Gasteiger partial charge in [-0.25, -0.2) is 4.39 Å². The lowest BCUT2D eigenvalue weighted by molar-refractivity contribution is -0.141. The zero-order valence-electron chi connectivity index (χ0n) is 19.9. The lowest BCUT2D eigenvalue weighted by atomic mass is 10.0. The van der Waals surface area contributed by atoms with Crippen LogP contribution in [0.3, 0.4) is 0 Å². The molecule has 0 aliphatic carbocycles. The van der Waals surface area contributed by atoms with Gasteiger partial charge in [0.05, 0.1) is 6.42 Å². The van der Waals surface area contributed by atoms with Gasteiger partial charge in [-0.15, -0.1) is 0 Å². The summed E-state index contributed by atoms with van der Waals surface area (Å²) in [4.78, 5) is 28.9. The van der Waals surface area contributed by atoms with Crippen molar-refractivity contribution in [1.29, 1.82) is 0 Å². The first-order valence-corrected chi connectivity index (χ1v) is 12.5. The van der Waals surface area contributed by atoms with Gasteiger partial charge >= 0.3 is 0 Å². The molecule has 0 saturated carbocycles. The molecule has 4 aromatic rings. The Hall–Kier alpha value is -3.67. The third-order valence-corrected chi connectivity index (χ3v) is 6.41. The predicted molar refractivity (Wildman–Crippen MR) is 145 cm³/mol. The molecule has 0 fully saturated rings. The first-order chi connectivity index (χ1) is 17.9. The van der Waals surface area contributed by atoms with Gasteiger partial charge in [-0.2, -0.15) is 0 Å². The topological polar surface area (TPSA) is 49.4 Å². The van der Waals surface area contributed by atoms with E-state index in [9.17, 15) is 14.0 Å². The molecule has 188 valence electrons. The monoisotopic (exact) mass is 534 g/mol. The quantitative estimate of drug-likeness (QED) is 0.258. The molecule has 0 heterocycles. The number of nitrogens with zero attached hydrogens (tertiary/aromatic N) is 1. The molecule has 1 atom stereocenters. The standard InChI is InChI=1S/C30H25Cl2FN2O2/c31-25-12-6-21(7-13-25)18-28(36)35(20-23-10-16-27(33)17-11-23)29(24-4-2-1-3-5-24)30(37)34-19-22-8-14-26(32)15-9-22/h1-17,29H,18-20H2,(H,34,37)/t29-/m0/s1. The van der Waals surface area contributed by atoms with Crippen molar-refractivity contribution in [3.05, 3.63) is 141 Å². The minimum Gasteiger partial charge on any atom is -0.350 e. The number of hydrogen-bond acceptors (Lipinski definition) is 2. The molecule has 0 bridgehead atoms. The highest BCUT2D eigenvalue weighted by molar-refractivity contribution is 6.30. The Bertz CT molecular complexity index is 1330. The van der Waals surface area contributed by atoms with Crippen molar-refractivity contribution in [3.63, 3.8) is 0 Å². The summed E-state index contributed by atoms with van der Waals surface area (Å²) < 4.78 is 13.6. The summed E-state index contributed by atoms with van der Waals surface area (Å²) in [5.74, 6) is -0.946. The van der Waals surface area contributed by atoms with Crippen LogP contribution in [-0.2, 0) is 29.1 Å². The van der Waals surface area contributed by atoms with E-state index in [1.807, 2.05) is 42.5 Å². The third-order valence-electron chi connectivity index (χ3n) is 5.91. The molecule has 0 aliphatic rings. The second-order valence-electron chi connectivity index (χ2n) is 8.61. The van der Waals surface area contributed by atoms with Crippen LogP contribution in [-0.4, -0.2) is 16.7 Å². The van der Waals surface area contributed by atoms with Crippen molar-refractivity contribution >= 4 is 35.0 Å². The molecule has 0 radical (unpaired) electrons. The lowest BCUT2D eigenvalue weighted by Crippen LogP contribution is -2.43. The Balaban J connectivity index is 1.66. The van der Waals surface area contributed by atoms with Crippen molar-refractivity contribution in [2.45, 2.75) is 25.6 Å². The van der Waals surface area contributed by atoms with Crippen LogP contribution in [0.2, 0.25) is 10.0 Å². The van der Waals surface area contributed by atoms with Gasteiger partial charge in [-0.1, -0.05) is 89.9 Å². The van der Waals surface area contributed by atoms with Gasteiger partial charge in [0.25, 0.3) is 0 Å². The molecular formula is C30H25Cl2FN2O2. The normalized spacial score (nSPS) is 11.5. The lowest BCUT2D eigenvalue weighted by Gasteiger charge is -2.32. The Labute approximate surface area is 225 Å². The first-order valence-electron chi connectivity index (χ1n) is 11.7. The molecule has 2 amide bonds. The van der Waals surface area contributed by atoms with Gasteiger partial charge in [0.1, 0.15) is 11.9 Å². The van der Waals surface area contributed by atoms with Crippen LogP contribution < -0.4 is 5.32 Å². The highest BCUT2D eigenvalue weighted by Gasteiger charge is 2.31. The smallest absolute Gasteiger partial charge is 0.247 e. The maximum absolute atomic E-state index is 13.7. The van der Waals surface area contributed by atoms with E-state index in [1.165, 1.54) is 17.0 Å². The Kier molecular flexibility index (Phi) is 8.94. The molecule has 0 saturated heterocycles. The second-order valence-corrected chi connectivity index (χ2v) is 9.48. The number of rotatable bonds is 9. The van der Waals surface area contributed by atoms with Gasteiger partial charge in [-0.05, 0) is 58.7 Å². The largest absolute Gasteiger partial charge is 0.350 e. The number of carbonyl (C=O) groups is 2. The number of amides is 2. The molecule has 0 spiro atoms. The summed E-state index contributed by atoms with van der Waals surface area (Å²) in [5.41, 5.74) is 3.02. The molecule has 7 heteroatoms. The van der Waals surface area contributed by atoms with Gasteiger partial charge in [0, 0.05) is 23.1 Å². The van der Waals surface area contributed by atoms with Crippen molar-refractivity contribution < 1.29 is 14.0 Å². The van der Waals surface area contributed by atoms with E-state index in [0.29, 0.717) is 21.2 Å². The van der Waals surface area contributed by atoms with Gasteiger partial charge in [-0.3, -0.25) is 9.59 Å². The van der Waals surface area contributed by atoms with Crippen LogP contribution in [0.5, 0.6) is 0 Å². The average molecular weight is 535 g/mol. The number of carbonyl (C=O) groups excluding carboxylic acids is 2. The summed E-state index contributed by atoms with van der Waals surface area (Å²) in [6.45, 7) is 0.399. The van der Waals surface area contributed by atoms with Crippen LogP contribution in [0, 0.1) is 5.82 Å². The van der Waals surface area contributed by atoms with Gasteiger partial charge in [0.15, 0.2) is 0 Å². The molecule has 37 heavy (non-hydrogen) atoms. The molecule has 0 aliphatic heterocycles. The highest BCUT2D eigenvalue weighted by Crippen LogP contribution is 2.25. The van der Waals surface area contributed by atoms with Gasteiger partial charge < -0.3 is 10.2 Å². The molecule has 4 aromatic carbocycles. The van der Waals surface area contributed by atoms with E-state index in [-0.39, 0.29) is 37.1 Å². The van der Waals surface area contributed by atoms with E-state index in [2.05, 4.69) is 5.32 Å². The zero-order valence-corrected chi connectivity index (χ0v) is 21.4. The minimum atomic E-state index is -0.904. The fourth-order valence-corrected chi connectivity index (χ4v) is 4.24. The second kappa shape index (κ2) is 12.5. The molecule has 1 N–H and O–H groups in total. The molecular weight excluding hydrogens is 510 g/mol. The van der Waals surface area contributed by atoms with E-state index in [0.717, 1.165) is 11.1 Å². The molecule has 4 nitrogen and oxygen atoms in total. The predicted octanol–water partition coefficient (Wildman–Crippen LogP) is 6.76. The first kappa shape index (κ1) is 26.4. The van der Waals surface area contributed by atoms with E-state index < -0.39 is 6.04 Å². The van der Waals surface area contributed by atoms with Crippen molar-refractivity contribution in [2.24, 2.45) is 0 Å². The zero-order chi connectivity index (χ0) is 26.2. The number of nitrogens with one attached hydrogen (secondary N) is 1. The number of halogens is 3. The Morgan fingerprint density at radius 3 is 1.86 bits per heavy atom. The van der Waals surface area contributed by atoms with E-state index >= 15 is 0 Å². The maximum Gasteiger partial charge on any atom is 0.247 e. The van der Waals surface area contributed by atoms with Crippen molar-refractivity contribution in [3.8, 4) is 0 Å². The molecule has 0 unspecified atom stereocenters. The number of hydrogen-bond donors (Lipinski definition) is 1. The van der Waals surface area contributed by atoms with E-state index in [1.54, 1.807) is 48.5 Å². The summed E-state index contributed by atoms with van der Waals surface area (Å²) in [6, 6.07) is 28.4. The maximum atomic E-state index is 13.7. The summed E-state index contributed by atoms with van der Waals surface area (Å²) >= 11 is 12.0. The number of benzene rings is 4. The summed E-state index contributed by atoms with van der Waals surface area (Å²) in [7, 11) is 0. The van der Waals surface area contributed by atoms with Crippen LogP contribution >= 0.6 is 23.2 Å². The van der Waals surface area contributed by atoms with Crippen LogP contribution in [0.15, 0.2) is 103 Å². The third kappa shape index (κ3) is 7.42. The van der Waals surface area contributed by atoms with E-state index in [4.69, 9.17) is 23.2 Å². The van der Waals surface area contributed by atoms with Crippen molar-refractivity contribution in [2.75, 3.05) is 0 Å². The molecule has 4 rings (SSSR count). The fourth-order valence-electron chi connectivity index (χ4n) is 3.98. The fraction of sp³-hybridized carbons (Fsp3) is 0.133. The van der Waals surface area contributed by atoms with Crippen LogP contribution in [0.25, 0.3) is 0 Å². The van der Waals surface area contributed by atoms with Crippen molar-refractivity contribution in [1.82, 2.24) is 10.2 Å². The Morgan fingerprint density at radius 1 is 0.730 bits per heavy atom. The van der Waals surface area contributed by atoms with Crippen LogP contribution in [0.1, 0.15) is 28.3 Å². The highest BCUT2D eigenvalue weighted by atomic mass is 35.5.